The van der Waals surface area contributed by atoms with Gasteiger partial charge in [-0.1, -0.05) is 24.3 Å². The lowest BCUT2D eigenvalue weighted by molar-refractivity contribution is -0.384. The largest absolute Gasteiger partial charge is 0.490 e. The number of non-ortho nitro benzene ring substituents is 1. The van der Waals surface area contributed by atoms with Crippen LogP contribution in [0.3, 0.4) is 0 Å². The second-order valence-corrected chi connectivity index (χ2v) is 9.38. The third kappa shape index (κ3) is 6.51. The summed E-state index contributed by atoms with van der Waals surface area (Å²) in [7, 11) is -4.13. The second kappa shape index (κ2) is 12.0. The van der Waals surface area contributed by atoms with Gasteiger partial charge in [-0.15, -0.1) is 0 Å². The van der Waals surface area contributed by atoms with Crippen molar-refractivity contribution in [3.63, 3.8) is 0 Å². The van der Waals surface area contributed by atoms with Gasteiger partial charge in [0, 0.05) is 18.7 Å². The Balaban J connectivity index is 1.82. The van der Waals surface area contributed by atoms with Gasteiger partial charge in [0.25, 0.3) is 15.7 Å². The predicted octanol–water partition coefficient (Wildman–Crippen LogP) is 3.90. The Kier molecular flexibility index (Phi) is 8.85. The molecule has 3 rings (SSSR count). The van der Waals surface area contributed by atoms with Crippen LogP contribution in [0.4, 0.5) is 11.4 Å². The van der Waals surface area contributed by atoms with Crippen LogP contribution in [0.5, 0.6) is 11.5 Å². The molecule has 0 saturated heterocycles. The summed E-state index contributed by atoms with van der Waals surface area (Å²) in [6, 6.07) is 17.9. The molecule has 0 aromatic heterocycles. The summed E-state index contributed by atoms with van der Waals surface area (Å²) in [5.74, 6) is 0.581. The van der Waals surface area contributed by atoms with E-state index in [0.717, 1.165) is 9.87 Å². The van der Waals surface area contributed by atoms with Gasteiger partial charge in [-0.25, -0.2) is 8.42 Å². The Labute approximate surface area is 209 Å². The Morgan fingerprint density at radius 1 is 0.944 bits per heavy atom. The number of carbonyl (C=O) groups is 1. The summed E-state index contributed by atoms with van der Waals surface area (Å²) >= 11 is 0. The molecule has 0 spiro atoms. The van der Waals surface area contributed by atoms with Crippen LogP contribution in [0, 0.1) is 10.1 Å². The molecule has 0 bridgehead atoms. The van der Waals surface area contributed by atoms with E-state index in [2.05, 4.69) is 5.32 Å². The number of nitrogens with one attached hydrogen (secondary N) is 1. The monoisotopic (exact) mass is 513 g/mol. The normalized spacial score (nSPS) is 10.9. The van der Waals surface area contributed by atoms with Gasteiger partial charge < -0.3 is 14.8 Å². The molecular weight excluding hydrogens is 486 g/mol. The fraction of sp³-hybridized carbons (Fsp3) is 0.240. The van der Waals surface area contributed by atoms with Gasteiger partial charge in [-0.3, -0.25) is 19.2 Å². The van der Waals surface area contributed by atoms with Crippen molar-refractivity contribution in [1.82, 2.24) is 5.32 Å². The smallest absolute Gasteiger partial charge is 0.269 e. The molecular formula is C25H27N3O7S. The number of carbonyl (C=O) groups excluding carboxylic acids is 1. The maximum Gasteiger partial charge on any atom is 0.269 e. The summed E-state index contributed by atoms with van der Waals surface area (Å²) in [4.78, 5) is 23.3. The molecule has 0 aliphatic carbocycles. The number of ether oxygens (including phenoxy) is 2. The molecule has 11 heteroatoms. The molecule has 0 radical (unpaired) electrons. The molecule has 0 aliphatic heterocycles. The lowest BCUT2D eigenvalue weighted by Gasteiger charge is -2.24. The number of hydrogen-bond donors (Lipinski definition) is 1. The van der Waals surface area contributed by atoms with Crippen LogP contribution in [-0.4, -0.2) is 39.0 Å². The molecule has 0 heterocycles. The molecule has 190 valence electrons. The van der Waals surface area contributed by atoms with Crippen LogP contribution in [0.2, 0.25) is 0 Å². The van der Waals surface area contributed by atoms with E-state index in [1.807, 2.05) is 13.8 Å². The molecule has 0 atom stereocenters. The highest BCUT2D eigenvalue weighted by atomic mass is 32.2. The number of nitrogens with zero attached hydrogens (tertiary/aromatic N) is 2. The van der Waals surface area contributed by atoms with Crippen molar-refractivity contribution in [3.8, 4) is 11.5 Å². The lowest BCUT2D eigenvalue weighted by atomic mass is 10.2. The zero-order valence-corrected chi connectivity index (χ0v) is 20.7. The van der Waals surface area contributed by atoms with E-state index in [4.69, 9.17) is 9.47 Å². The van der Waals surface area contributed by atoms with Crippen LogP contribution in [0.25, 0.3) is 0 Å². The molecule has 0 fully saturated rings. The zero-order chi connectivity index (χ0) is 26.1. The fourth-order valence-electron chi connectivity index (χ4n) is 3.37. The van der Waals surface area contributed by atoms with Gasteiger partial charge in [0.15, 0.2) is 11.5 Å². The minimum Gasteiger partial charge on any atom is -0.490 e. The Bertz CT molecular complexity index is 1300. The quantitative estimate of drug-likeness (QED) is 0.287. The summed E-state index contributed by atoms with van der Waals surface area (Å²) in [5.41, 5.74) is 0.670. The number of rotatable bonds is 12. The van der Waals surface area contributed by atoms with E-state index in [1.165, 1.54) is 36.4 Å². The zero-order valence-electron chi connectivity index (χ0n) is 19.9. The van der Waals surface area contributed by atoms with Crippen molar-refractivity contribution in [2.75, 3.05) is 24.1 Å². The summed E-state index contributed by atoms with van der Waals surface area (Å²) < 4.78 is 38.8. The maximum atomic E-state index is 13.4. The first-order valence-electron chi connectivity index (χ1n) is 11.2. The van der Waals surface area contributed by atoms with Gasteiger partial charge >= 0.3 is 0 Å². The van der Waals surface area contributed by atoms with Crippen LogP contribution in [-0.2, 0) is 21.4 Å². The van der Waals surface area contributed by atoms with E-state index in [-0.39, 0.29) is 22.8 Å². The molecule has 36 heavy (non-hydrogen) atoms. The average molecular weight is 514 g/mol. The van der Waals surface area contributed by atoms with E-state index >= 15 is 0 Å². The van der Waals surface area contributed by atoms with Gasteiger partial charge in [0.2, 0.25) is 5.91 Å². The van der Waals surface area contributed by atoms with Crippen molar-refractivity contribution < 1.29 is 27.6 Å². The first-order chi connectivity index (χ1) is 17.3. The van der Waals surface area contributed by atoms with E-state index in [1.54, 1.807) is 36.4 Å². The summed E-state index contributed by atoms with van der Waals surface area (Å²) in [5, 5.41) is 13.7. The van der Waals surface area contributed by atoms with Crippen molar-refractivity contribution >= 4 is 27.3 Å². The van der Waals surface area contributed by atoms with Crippen LogP contribution >= 0.6 is 0 Å². The molecule has 0 saturated carbocycles. The minimum absolute atomic E-state index is 0.0102. The summed E-state index contributed by atoms with van der Waals surface area (Å²) in [6.45, 7) is 4.24. The van der Waals surface area contributed by atoms with Gasteiger partial charge in [-0.2, -0.15) is 0 Å². The Morgan fingerprint density at radius 2 is 1.58 bits per heavy atom. The van der Waals surface area contributed by atoms with E-state index < -0.39 is 27.4 Å². The van der Waals surface area contributed by atoms with Crippen LogP contribution in [0.15, 0.2) is 77.7 Å². The number of anilines is 1. The predicted molar refractivity (Wildman–Crippen MR) is 135 cm³/mol. The van der Waals surface area contributed by atoms with Gasteiger partial charge in [0.05, 0.1) is 28.7 Å². The molecule has 3 aromatic rings. The molecule has 3 aromatic carbocycles. The van der Waals surface area contributed by atoms with Gasteiger partial charge in [-0.05, 0) is 55.8 Å². The maximum absolute atomic E-state index is 13.4. The van der Waals surface area contributed by atoms with Crippen molar-refractivity contribution in [1.29, 1.82) is 0 Å². The SMILES string of the molecule is CCOc1ccc(CNC(=O)CN(c2ccc([N+](=O)[O-])cc2)S(=O)(=O)c2ccccc2)cc1OCC. The molecule has 0 unspecified atom stereocenters. The highest BCUT2D eigenvalue weighted by Gasteiger charge is 2.27. The van der Waals surface area contributed by atoms with Crippen LogP contribution < -0.4 is 19.1 Å². The number of nitro groups is 1. The first kappa shape index (κ1) is 26.5. The standard InChI is InChI=1S/C25H27N3O7S/c1-3-34-23-15-10-19(16-24(23)35-4-2)17-26-25(29)18-27(20-11-13-21(14-12-20)28(30)31)36(32,33)22-8-6-5-7-9-22/h5-16H,3-4,17-18H2,1-2H3,(H,26,29). The molecule has 1 N–H and O–H groups in total. The molecule has 1 amide bonds. The number of nitro benzene ring substituents is 1. The second-order valence-electron chi connectivity index (χ2n) is 7.52. The van der Waals surface area contributed by atoms with E-state index in [9.17, 15) is 23.3 Å². The number of sulfonamides is 1. The fourth-order valence-corrected chi connectivity index (χ4v) is 4.81. The highest BCUT2D eigenvalue weighted by Crippen LogP contribution is 2.29. The number of amides is 1. The number of benzene rings is 3. The third-order valence-corrected chi connectivity index (χ3v) is 6.85. The first-order valence-corrected chi connectivity index (χ1v) is 12.7. The van der Waals surface area contributed by atoms with E-state index in [0.29, 0.717) is 24.7 Å². The third-order valence-electron chi connectivity index (χ3n) is 5.06. The van der Waals surface area contributed by atoms with Crippen molar-refractivity contribution in [2.24, 2.45) is 0 Å². The lowest BCUT2D eigenvalue weighted by Crippen LogP contribution is -2.40. The van der Waals surface area contributed by atoms with Crippen molar-refractivity contribution in [3.05, 3.63) is 88.5 Å². The van der Waals surface area contributed by atoms with Crippen molar-refractivity contribution in [2.45, 2.75) is 25.3 Å². The van der Waals surface area contributed by atoms with Gasteiger partial charge in [0.1, 0.15) is 6.54 Å². The number of hydrogen-bond acceptors (Lipinski definition) is 7. The van der Waals surface area contributed by atoms with Crippen LogP contribution in [0.1, 0.15) is 19.4 Å². The molecule has 0 aliphatic rings. The topological polar surface area (TPSA) is 128 Å². The Morgan fingerprint density at radius 3 is 2.19 bits per heavy atom. The highest BCUT2D eigenvalue weighted by molar-refractivity contribution is 7.92. The molecule has 10 nitrogen and oxygen atoms in total. The average Bonchev–Trinajstić information content (AvgIpc) is 2.88. The Hall–Kier alpha value is -4.12. The summed E-state index contributed by atoms with van der Waals surface area (Å²) in [6.07, 6.45) is 0. The minimum atomic E-state index is -4.13.